The fourth-order valence-corrected chi connectivity index (χ4v) is 3.45. The van der Waals surface area contributed by atoms with Crippen LogP contribution in [-0.2, 0) is 16.1 Å². The molecule has 1 aromatic carbocycles. The molecule has 0 spiro atoms. The van der Waals surface area contributed by atoms with Gasteiger partial charge in [0.25, 0.3) is 0 Å². The number of carboxylic acids is 1. The molecule has 0 aromatic heterocycles. The van der Waals surface area contributed by atoms with Gasteiger partial charge in [0.2, 0.25) is 5.91 Å². The number of amides is 1. The normalized spacial score (nSPS) is 21.6. The molecule has 1 amide bonds. The maximum absolute atomic E-state index is 14.4. The highest BCUT2D eigenvalue weighted by atomic mass is 19.4. The number of hydrogen-bond donors (Lipinski definition) is 1. The van der Waals surface area contributed by atoms with Crippen molar-refractivity contribution < 1.29 is 37.0 Å². The van der Waals surface area contributed by atoms with Crippen LogP contribution in [0.4, 0.5) is 17.6 Å². The number of halogens is 4. The second-order valence-electron chi connectivity index (χ2n) is 7.82. The van der Waals surface area contributed by atoms with Crippen molar-refractivity contribution in [2.75, 3.05) is 13.1 Å². The number of nitrogens with zero attached hydrogens (tertiary/aromatic N) is 2. The van der Waals surface area contributed by atoms with E-state index in [4.69, 9.17) is 4.74 Å². The standard InChI is InChI=1S/C20H26F4N2O4/c1-11(2)18(27)26-12(3)8-25(10-16(26)19(28)29)9-14-15(21)6-5-7-17(14)30-13(4)20(22,23)24/h5-7,11-13,16H,8-10H2,1-4H3,(H,28,29)/t12-,13?,16-/m1/s1. The molecule has 1 aromatic rings. The molecule has 1 heterocycles. The monoisotopic (exact) mass is 434 g/mol. The molecule has 3 atom stereocenters. The van der Waals surface area contributed by atoms with Gasteiger partial charge in [-0.05, 0) is 26.0 Å². The van der Waals surface area contributed by atoms with Crippen molar-refractivity contribution in [3.63, 3.8) is 0 Å². The Morgan fingerprint density at radius 3 is 2.40 bits per heavy atom. The predicted octanol–water partition coefficient (Wildman–Crippen LogP) is 3.30. The van der Waals surface area contributed by atoms with E-state index >= 15 is 0 Å². The molecule has 1 saturated heterocycles. The van der Waals surface area contributed by atoms with Crippen molar-refractivity contribution in [1.29, 1.82) is 0 Å². The highest BCUT2D eigenvalue weighted by Crippen LogP contribution is 2.30. The number of hydrogen-bond acceptors (Lipinski definition) is 4. The predicted molar refractivity (Wildman–Crippen MR) is 100 cm³/mol. The third-order valence-corrected chi connectivity index (χ3v) is 5.02. The van der Waals surface area contributed by atoms with Gasteiger partial charge in [-0.25, -0.2) is 9.18 Å². The Labute approximate surface area is 172 Å². The van der Waals surface area contributed by atoms with Crippen molar-refractivity contribution in [2.45, 2.75) is 58.6 Å². The molecule has 1 unspecified atom stereocenters. The molecule has 0 aliphatic carbocycles. The van der Waals surface area contributed by atoms with Gasteiger partial charge in [0.05, 0.1) is 0 Å². The van der Waals surface area contributed by atoms with Crippen molar-refractivity contribution in [2.24, 2.45) is 5.92 Å². The number of carboxylic acid groups (broad SMARTS) is 1. The number of benzene rings is 1. The van der Waals surface area contributed by atoms with Gasteiger partial charge in [0.15, 0.2) is 6.10 Å². The lowest BCUT2D eigenvalue weighted by Crippen LogP contribution is -2.62. The van der Waals surface area contributed by atoms with Crippen LogP contribution in [0.3, 0.4) is 0 Å². The summed E-state index contributed by atoms with van der Waals surface area (Å²) in [5.74, 6) is -2.89. The summed E-state index contributed by atoms with van der Waals surface area (Å²) in [6, 6.07) is 1.99. The summed E-state index contributed by atoms with van der Waals surface area (Å²) in [4.78, 5) is 27.2. The third-order valence-electron chi connectivity index (χ3n) is 5.02. The Morgan fingerprint density at radius 2 is 1.87 bits per heavy atom. The maximum Gasteiger partial charge on any atom is 0.425 e. The molecule has 6 nitrogen and oxygen atoms in total. The highest BCUT2D eigenvalue weighted by molar-refractivity contribution is 5.85. The zero-order chi connectivity index (χ0) is 22.8. The molecule has 0 bridgehead atoms. The lowest BCUT2D eigenvalue weighted by molar-refractivity contribution is -0.189. The lowest BCUT2D eigenvalue weighted by atomic mass is 10.0. The number of alkyl halides is 3. The van der Waals surface area contributed by atoms with Gasteiger partial charge in [-0.15, -0.1) is 0 Å². The van der Waals surface area contributed by atoms with E-state index in [9.17, 15) is 32.3 Å². The summed E-state index contributed by atoms with van der Waals surface area (Å²) in [6.07, 6.45) is -6.75. The molecule has 168 valence electrons. The molecule has 30 heavy (non-hydrogen) atoms. The molecule has 1 aliphatic rings. The second kappa shape index (κ2) is 9.20. The second-order valence-corrected chi connectivity index (χ2v) is 7.82. The molecule has 1 N–H and O–H groups in total. The molecule has 1 fully saturated rings. The van der Waals surface area contributed by atoms with Crippen molar-refractivity contribution >= 4 is 11.9 Å². The number of carbonyl (C=O) groups is 2. The first kappa shape index (κ1) is 23.9. The van der Waals surface area contributed by atoms with Crippen LogP contribution in [0.25, 0.3) is 0 Å². The van der Waals surface area contributed by atoms with Gasteiger partial charge in [0.1, 0.15) is 17.6 Å². The quantitative estimate of drug-likeness (QED) is 0.696. The van der Waals surface area contributed by atoms with Gasteiger partial charge in [0, 0.05) is 37.2 Å². The Morgan fingerprint density at radius 1 is 1.23 bits per heavy atom. The molecule has 10 heteroatoms. The first-order chi connectivity index (χ1) is 13.8. The number of rotatable bonds is 6. The zero-order valence-electron chi connectivity index (χ0n) is 17.2. The average Bonchev–Trinajstić information content (AvgIpc) is 2.62. The topological polar surface area (TPSA) is 70.1 Å². The number of aliphatic carboxylic acids is 1. The van der Waals surface area contributed by atoms with Crippen LogP contribution in [0.1, 0.15) is 33.3 Å². The number of carbonyl (C=O) groups excluding carboxylic acids is 1. The molecule has 0 saturated carbocycles. The van der Waals surface area contributed by atoms with E-state index in [1.807, 2.05) is 0 Å². The van der Waals surface area contributed by atoms with E-state index in [-0.39, 0.29) is 36.9 Å². The smallest absolute Gasteiger partial charge is 0.425 e. The fourth-order valence-electron chi connectivity index (χ4n) is 3.45. The van der Waals surface area contributed by atoms with E-state index in [1.165, 1.54) is 17.0 Å². The van der Waals surface area contributed by atoms with Crippen LogP contribution in [0.2, 0.25) is 0 Å². The van der Waals surface area contributed by atoms with E-state index < -0.39 is 42.1 Å². The van der Waals surface area contributed by atoms with Crippen molar-refractivity contribution in [3.05, 3.63) is 29.6 Å². The summed E-state index contributed by atoms with van der Waals surface area (Å²) in [6.45, 7) is 5.87. The molecule has 0 radical (unpaired) electrons. The molecule has 1 aliphatic heterocycles. The average molecular weight is 434 g/mol. The van der Waals surface area contributed by atoms with Crippen LogP contribution in [0.15, 0.2) is 18.2 Å². The third kappa shape index (κ3) is 5.41. The SMILES string of the molecule is CC(C)C(=O)N1[C@H](C)CN(Cc2c(F)cccc2OC(C)C(F)(F)F)C[C@@H]1C(=O)O. The first-order valence-corrected chi connectivity index (χ1v) is 9.61. The Bertz CT molecular complexity index is 785. The summed E-state index contributed by atoms with van der Waals surface area (Å²) >= 11 is 0. The summed E-state index contributed by atoms with van der Waals surface area (Å²) in [5, 5.41) is 9.61. The van der Waals surface area contributed by atoms with Crippen LogP contribution in [-0.4, -0.2) is 64.2 Å². The van der Waals surface area contributed by atoms with Crippen LogP contribution < -0.4 is 4.74 Å². The van der Waals surface area contributed by atoms with Crippen molar-refractivity contribution in [3.8, 4) is 5.75 Å². The van der Waals surface area contributed by atoms with E-state index in [0.29, 0.717) is 0 Å². The van der Waals surface area contributed by atoms with Gasteiger partial charge < -0.3 is 14.7 Å². The van der Waals surface area contributed by atoms with Gasteiger partial charge >= 0.3 is 12.1 Å². The molecular weight excluding hydrogens is 408 g/mol. The lowest BCUT2D eigenvalue weighted by Gasteiger charge is -2.44. The molecular formula is C20H26F4N2O4. The fraction of sp³-hybridized carbons (Fsp3) is 0.600. The minimum absolute atomic E-state index is 0.0826. The summed E-state index contributed by atoms with van der Waals surface area (Å²) in [7, 11) is 0. The van der Waals surface area contributed by atoms with Crippen molar-refractivity contribution in [1.82, 2.24) is 9.80 Å². The van der Waals surface area contributed by atoms with E-state index in [1.54, 1.807) is 25.7 Å². The summed E-state index contributed by atoms with van der Waals surface area (Å²) in [5.41, 5.74) is -0.0893. The van der Waals surface area contributed by atoms with Gasteiger partial charge in [-0.2, -0.15) is 13.2 Å². The minimum atomic E-state index is -4.62. The number of ether oxygens (including phenoxy) is 1. The highest BCUT2D eigenvalue weighted by Gasteiger charge is 2.41. The largest absolute Gasteiger partial charge is 0.481 e. The van der Waals surface area contributed by atoms with E-state index in [2.05, 4.69) is 0 Å². The van der Waals surface area contributed by atoms with Crippen LogP contribution in [0, 0.1) is 11.7 Å². The van der Waals surface area contributed by atoms with Crippen LogP contribution >= 0.6 is 0 Å². The zero-order valence-corrected chi connectivity index (χ0v) is 17.2. The maximum atomic E-state index is 14.4. The summed E-state index contributed by atoms with van der Waals surface area (Å²) < 4.78 is 58.0. The van der Waals surface area contributed by atoms with E-state index in [0.717, 1.165) is 13.0 Å². The van der Waals surface area contributed by atoms with Crippen LogP contribution in [0.5, 0.6) is 5.75 Å². The Kier molecular flexibility index (Phi) is 7.33. The van der Waals surface area contributed by atoms with Gasteiger partial charge in [-0.1, -0.05) is 19.9 Å². The molecule has 2 rings (SSSR count). The minimum Gasteiger partial charge on any atom is -0.481 e. The first-order valence-electron chi connectivity index (χ1n) is 9.61. The Balaban J connectivity index is 2.27. The Hall–Kier alpha value is -2.36. The van der Waals surface area contributed by atoms with Gasteiger partial charge in [-0.3, -0.25) is 9.69 Å². The number of piperazine rings is 1.